The van der Waals surface area contributed by atoms with Gasteiger partial charge in [0, 0.05) is 12.1 Å². The predicted molar refractivity (Wildman–Crippen MR) is 105 cm³/mol. The Hall–Kier alpha value is -2.47. The summed E-state index contributed by atoms with van der Waals surface area (Å²) in [5.41, 5.74) is 3.15. The molecule has 1 fully saturated rings. The summed E-state index contributed by atoms with van der Waals surface area (Å²) in [6.45, 7) is 0.826. The standard InChI is InChI=1S/C22H24F2N2O2/c23-17-7-3-15(19(24)13-17)2-1-11-25-18-8-4-14(5-9-18)16-6-10-20-21(12-16)28-22(27)26-20/h3,6-7,10,12-14,18,25H,1-2,4-5,8-9,11H2,(H,26,27). The molecule has 0 amide bonds. The third-order valence-corrected chi connectivity index (χ3v) is 5.71. The molecule has 0 saturated heterocycles. The van der Waals surface area contributed by atoms with Crippen molar-refractivity contribution in [3.63, 3.8) is 0 Å². The van der Waals surface area contributed by atoms with Crippen molar-refractivity contribution < 1.29 is 13.2 Å². The molecule has 1 aliphatic rings. The predicted octanol–water partition coefficient (Wildman–Crippen LogP) is 4.65. The molecular formula is C22H24F2N2O2. The minimum Gasteiger partial charge on any atom is -0.408 e. The Labute approximate surface area is 162 Å². The Morgan fingerprint density at radius 1 is 1.07 bits per heavy atom. The summed E-state index contributed by atoms with van der Waals surface area (Å²) in [5.74, 6) is -0.929. The van der Waals surface area contributed by atoms with Crippen LogP contribution >= 0.6 is 0 Å². The Balaban J connectivity index is 1.23. The van der Waals surface area contributed by atoms with Gasteiger partial charge in [-0.3, -0.25) is 4.98 Å². The number of benzene rings is 2. The second-order valence-corrected chi connectivity index (χ2v) is 7.61. The number of H-pyrrole nitrogens is 1. The fraction of sp³-hybridized carbons (Fsp3) is 0.409. The van der Waals surface area contributed by atoms with Crippen LogP contribution in [-0.4, -0.2) is 17.6 Å². The number of aromatic amines is 1. The highest BCUT2D eigenvalue weighted by atomic mass is 19.1. The van der Waals surface area contributed by atoms with Crippen LogP contribution in [0.3, 0.4) is 0 Å². The third-order valence-electron chi connectivity index (χ3n) is 5.71. The van der Waals surface area contributed by atoms with Crippen molar-refractivity contribution >= 4 is 11.1 Å². The molecule has 2 N–H and O–H groups in total. The van der Waals surface area contributed by atoms with E-state index in [4.69, 9.17) is 4.42 Å². The highest BCUT2D eigenvalue weighted by Gasteiger charge is 2.22. The maximum absolute atomic E-state index is 13.6. The summed E-state index contributed by atoms with van der Waals surface area (Å²) in [5, 5.41) is 3.57. The molecule has 0 spiro atoms. The zero-order valence-electron chi connectivity index (χ0n) is 15.6. The van der Waals surface area contributed by atoms with Crippen molar-refractivity contribution in [2.24, 2.45) is 0 Å². The number of nitrogens with one attached hydrogen (secondary N) is 2. The number of hydrogen-bond acceptors (Lipinski definition) is 3. The van der Waals surface area contributed by atoms with E-state index in [-0.39, 0.29) is 0 Å². The lowest BCUT2D eigenvalue weighted by atomic mass is 9.81. The van der Waals surface area contributed by atoms with Gasteiger partial charge in [-0.2, -0.15) is 0 Å². The first-order chi connectivity index (χ1) is 13.6. The van der Waals surface area contributed by atoms with Crippen LogP contribution in [0.2, 0.25) is 0 Å². The quantitative estimate of drug-likeness (QED) is 0.607. The Bertz CT molecular complexity index is 1000. The highest BCUT2D eigenvalue weighted by molar-refractivity contribution is 5.72. The average molecular weight is 386 g/mol. The van der Waals surface area contributed by atoms with Crippen molar-refractivity contribution in [1.29, 1.82) is 0 Å². The average Bonchev–Trinajstić information content (AvgIpc) is 3.06. The number of halogens is 2. The van der Waals surface area contributed by atoms with Gasteiger partial charge in [-0.1, -0.05) is 12.1 Å². The SMILES string of the molecule is O=c1[nH]c2ccc(C3CCC(NCCCc4ccc(F)cc4F)CC3)cc2o1. The highest BCUT2D eigenvalue weighted by Crippen LogP contribution is 2.34. The lowest BCUT2D eigenvalue weighted by Gasteiger charge is -2.29. The molecule has 4 rings (SSSR count). The zero-order valence-corrected chi connectivity index (χ0v) is 15.6. The van der Waals surface area contributed by atoms with Gasteiger partial charge in [0.15, 0.2) is 5.58 Å². The van der Waals surface area contributed by atoms with E-state index < -0.39 is 17.4 Å². The molecule has 0 atom stereocenters. The van der Waals surface area contributed by atoms with Gasteiger partial charge in [0.05, 0.1) is 5.52 Å². The lowest BCUT2D eigenvalue weighted by Crippen LogP contribution is -2.33. The van der Waals surface area contributed by atoms with Crippen molar-refractivity contribution in [1.82, 2.24) is 10.3 Å². The second-order valence-electron chi connectivity index (χ2n) is 7.61. The Morgan fingerprint density at radius 3 is 2.68 bits per heavy atom. The van der Waals surface area contributed by atoms with Gasteiger partial charge in [-0.05, 0) is 80.3 Å². The molecular weight excluding hydrogens is 362 g/mol. The Morgan fingerprint density at radius 2 is 1.89 bits per heavy atom. The summed E-state index contributed by atoms with van der Waals surface area (Å²) in [6, 6.07) is 10.2. The molecule has 1 saturated carbocycles. The van der Waals surface area contributed by atoms with Crippen molar-refractivity contribution in [3.05, 3.63) is 69.7 Å². The summed E-state index contributed by atoms with van der Waals surface area (Å²) in [7, 11) is 0. The molecule has 1 aliphatic carbocycles. The molecule has 4 nitrogen and oxygen atoms in total. The first kappa shape index (κ1) is 18.9. The van der Waals surface area contributed by atoms with Gasteiger partial charge in [0.25, 0.3) is 0 Å². The first-order valence-corrected chi connectivity index (χ1v) is 9.88. The number of fused-ring (bicyclic) bond motifs is 1. The van der Waals surface area contributed by atoms with Gasteiger partial charge >= 0.3 is 5.76 Å². The summed E-state index contributed by atoms with van der Waals surface area (Å²) < 4.78 is 31.8. The normalized spacial score (nSPS) is 19.9. The van der Waals surface area contributed by atoms with Gasteiger partial charge in [0.1, 0.15) is 11.6 Å². The zero-order chi connectivity index (χ0) is 19.5. The lowest BCUT2D eigenvalue weighted by molar-refractivity contribution is 0.342. The van der Waals surface area contributed by atoms with Gasteiger partial charge < -0.3 is 9.73 Å². The second kappa shape index (κ2) is 8.27. The monoisotopic (exact) mass is 386 g/mol. The maximum atomic E-state index is 13.6. The molecule has 28 heavy (non-hydrogen) atoms. The molecule has 2 aromatic carbocycles. The molecule has 1 aromatic heterocycles. The molecule has 6 heteroatoms. The maximum Gasteiger partial charge on any atom is 0.417 e. The molecule has 0 bridgehead atoms. The number of aromatic nitrogens is 1. The van der Waals surface area contributed by atoms with Crippen LogP contribution in [0.15, 0.2) is 45.6 Å². The van der Waals surface area contributed by atoms with Crippen LogP contribution in [0.25, 0.3) is 11.1 Å². The largest absolute Gasteiger partial charge is 0.417 e. The van der Waals surface area contributed by atoms with Crippen LogP contribution < -0.4 is 11.1 Å². The summed E-state index contributed by atoms with van der Waals surface area (Å²) in [4.78, 5) is 14.0. The van der Waals surface area contributed by atoms with E-state index in [0.717, 1.165) is 50.2 Å². The van der Waals surface area contributed by atoms with E-state index in [2.05, 4.69) is 16.4 Å². The van der Waals surface area contributed by atoms with E-state index in [1.807, 2.05) is 12.1 Å². The van der Waals surface area contributed by atoms with Gasteiger partial charge in [-0.25, -0.2) is 13.6 Å². The number of hydrogen-bond donors (Lipinski definition) is 2. The number of rotatable bonds is 6. The van der Waals surface area contributed by atoms with Crippen LogP contribution in [-0.2, 0) is 6.42 Å². The molecule has 0 radical (unpaired) electrons. The molecule has 1 heterocycles. The topological polar surface area (TPSA) is 58.0 Å². The van der Waals surface area contributed by atoms with E-state index >= 15 is 0 Å². The number of aryl methyl sites for hydroxylation is 1. The minimum absolute atomic E-state index is 0.416. The summed E-state index contributed by atoms with van der Waals surface area (Å²) in [6.07, 6.45) is 5.78. The van der Waals surface area contributed by atoms with Crippen LogP contribution in [0, 0.1) is 11.6 Å². The van der Waals surface area contributed by atoms with E-state index in [9.17, 15) is 13.6 Å². The van der Waals surface area contributed by atoms with Crippen molar-refractivity contribution in [2.45, 2.75) is 50.5 Å². The molecule has 0 aliphatic heterocycles. The molecule has 148 valence electrons. The first-order valence-electron chi connectivity index (χ1n) is 9.88. The fourth-order valence-electron chi connectivity index (χ4n) is 4.16. The smallest absolute Gasteiger partial charge is 0.408 e. The Kier molecular flexibility index (Phi) is 5.57. The van der Waals surface area contributed by atoms with Crippen LogP contribution in [0.4, 0.5) is 8.78 Å². The van der Waals surface area contributed by atoms with Crippen LogP contribution in [0.1, 0.15) is 49.1 Å². The van der Waals surface area contributed by atoms with Crippen LogP contribution in [0.5, 0.6) is 0 Å². The molecule has 0 unspecified atom stereocenters. The number of oxazole rings is 1. The molecule has 3 aromatic rings. The van der Waals surface area contributed by atoms with E-state index in [1.165, 1.54) is 17.7 Å². The van der Waals surface area contributed by atoms with E-state index in [0.29, 0.717) is 29.5 Å². The fourth-order valence-corrected chi connectivity index (χ4v) is 4.16. The van der Waals surface area contributed by atoms with Gasteiger partial charge in [-0.15, -0.1) is 0 Å². The minimum atomic E-state index is -0.533. The summed E-state index contributed by atoms with van der Waals surface area (Å²) >= 11 is 0. The van der Waals surface area contributed by atoms with Gasteiger partial charge in [0.2, 0.25) is 0 Å². The van der Waals surface area contributed by atoms with Crippen molar-refractivity contribution in [3.8, 4) is 0 Å². The van der Waals surface area contributed by atoms with E-state index in [1.54, 1.807) is 0 Å². The van der Waals surface area contributed by atoms with Crippen molar-refractivity contribution in [2.75, 3.05) is 6.54 Å². The third kappa shape index (κ3) is 4.33.